The van der Waals surface area contributed by atoms with Crippen molar-refractivity contribution < 1.29 is 0 Å². The van der Waals surface area contributed by atoms with Crippen LogP contribution < -0.4 is 5.32 Å². The minimum atomic E-state index is 0.790. The number of piperidine rings is 1. The highest BCUT2D eigenvalue weighted by Gasteiger charge is 2.33. The Hall–Kier alpha value is -0.0800. The highest BCUT2D eigenvalue weighted by molar-refractivity contribution is 4.90. The predicted octanol–water partition coefficient (Wildman–Crippen LogP) is 3.17. The molecule has 0 amide bonds. The molecule has 2 heteroatoms. The van der Waals surface area contributed by atoms with E-state index in [0.717, 1.165) is 24.0 Å². The van der Waals surface area contributed by atoms with Gasteiger partial charge in [-0.15, -0.1) is 0 Å². The zero-order valence-corrected chi connectivity index (χ0v) is 12.0. The van der Waals surface area contributed by atoms with E-state index in [9.17, 15) is 0 Å². The Morgan fingerprint density at radius 3 is 2.33 bits per heavy atom. The molecule has 0 aromatic carbocycles. The van der Waals surface area contributed by atoms with Crippen molar-refractivity contribution in [2.75, 3.05) is 13.1 Å². The first-order valence-electron chi connectivity index (χ1n) is 8.31. The molecule has 2 nitrogen and oxygen atoms in total. The summed E-state index contributed by atoms with van der Waals surface area (Å²) in [6.45, 7) is 5.09. The third-order valence-electron chi connectivity index (χ3n) is 5.39. The van der Waals surface area contributed by atoms with Crippen LogP contribution in [0.2, 0.25) is 0 Å². The van der Waals surface area contributed by atoms with E-state index in [4.69, 9.17) is 0 Å². The zero-order chi connectivity index (χ0) is 12.4. The van der Waals surface area contributed by atoms with Gasteiger partial charge in [0.25, 0.3) is 0 Å². The standard InChI is InChI=1S/C16H30N2/c1-13-10-16(11-13)18-9-5-8-15(12-18)17-14-6-3-2-4-7-14/h13-17H,2-12H2,1H3. The van der Waals surface area contributed by atoms with Gasteiger partial charge in [-0.3, -0.25) is 4.90 Å². The molecule has 3 rings (SSSR count). The molecule has 0 radical (unpaired) electrons. The summed E-state index contributed by atoms with van der Waals surface area (Å²) in [7, 11) is 0. The van der Waals surface area contributed by atoms with Gasteiger partial charge in [-0.25, -0.2) is 0 Å². The molecule has 1 atom stereocenters. The van der Waals surface area contributed by atoms with Crippen LogP contribution in [0, 0.1) is 5.92 Å². The Morgan fingerprint density at radius 2 is 1.61 bits per heavy atom. The van der Waals surface area contributed by atoms with Crippen molar-refractivity contribution in [2.24, 2.45) is 5.92 Å². The van der Waals surface area contributed by atoms with E-state index in [-0.39, 0.29) is 0 Å². The molecule has 1 unspecified atom stereocenters. The van der Waals surface area contributed by atoms with Crippen LogP contribution in [0.5, 0.6) is 0 Å². The molecule has 1 heterocycles. The van der Waals surface area contributed by atoms with Gasteiger partial charge < -0.3 is 5.32 Å². The molecule has 1 saturated heterocycles. The summed E-state index contributed by atoms with van der Waals surface area (Å²) in [5.74, 6) is 0.988. The van der Waals surface area contributed by atoms with Crippen LogP contribution in [0.3, 0.4) is 0 Å². The average Bonchev–Trinajstić information content (AvgIpc) is 2.37. The largest absolute Gasteiger partial charge is 0.310 e. The van der Waals surface area contributed by atoms with Gasteiger partial charge in [0.05, 0.1) is 0 Å². The molecule has 18 heavy (non-hydrogen) atoms. The smallest absolute Gasteiger partial charge is 0.0198 e. The average molecular weight is 250 g/mol. The van der Waals surface area contributed by atoms with Gasteiger partial charge in [-0.2, -0.15) is 0 Å². The van der Waals surface area contributed by atoms with Crippen molar-refractivity contribution in [2.45, 2.75) is 82.8 Å². The molecule has 3 fully saturated rings. The van der Waals surface area contributed by atoms with Crippen molar-refractivity contribution in [3.8, 4) is 0 Å². The highest BCUT2D eigenvalue weighted by Crippen LogP contribution is 2.32. The second-order valence-corrected chi connectivity index (χ2v) is 7.07. The van der Waals surface area contributed by atoms with Crippen molar-refractivity contribution in [1.29, 1.82) is 0 Å². The van der Waals surface area contributed by atoms with E-state index in [2.05, 4.69) is 17.1 Å². The van der Waals surface area contributed by atoms with Crippen molar-refractivity contribution >= 4 is 0 Å². The van der Waals surface area contributed by atoms with Gasteiger partial charge in [0.15, 0.2) is 0 Å². The second kappa shape index (κ2) is 5.92. The van der Waals surface area contributed by atoms with Gasteiger partial charge in [0, 0.05) is 24.7 Å². The number of rotatable bonds is 3. The summed E-state index contributed by atoms with van der Waals surface area (Å²) in [6, 6.07) is 2.55. The summed E-state index contributed by atoms with van der Waals surface area (Å²) in [4.78, 5) is 2.78. The van der Waals surface area contributed by atoms with E-state index < -0.39 is 0 Å². The Kier molecular flexibility index (Phi) is 4.25. The lowest BCUT2D eigenvalue weighted by atomic mass is 9.80. The molecule has 0 spiro atoms. The van der Waals surface area contributed by atoms with E-state index in [1.807, 2.05) is 0 Å². The maximum atomic E-state index is 3.96. The van der Waals surface area contributed by atoms with Gasteiger partial charge in [0.1, 0.15) is 0 Å². The van der Waals surface area contributed by atoms with Crippen LogP contribution in [-0.4, -0.2) is 36.1 Å². The Bertz CT molecular complexity index is 254. The number of likely N-dealkylation sites (tertiary alicyclic amines) is 1. The lowest BCUT2D eigenvalue weighted by Gasteiger charge is -2.46. The topological polar surface area (TPSA) is 15.3 Å². The first kappa shape index (κ1) is 12.9. The lowest BCUT2D eigenvalue weighted by Crippen LogP contribution is -2.54. The molecular weight excluding hydrogens is 220 g/mol. The number of hydrogen-bond acceptors (Lipinski definition) is 2. The SMILES string of the molecule is CC1CC(N2CCCC(NC3CCCCC3)C2)C1. The lowest BCUT2D eigenvalue weighted by molar-refractivity contribution is 0.0535. The molecule has 2 aliphatic carbocycles. The summed E-state index contributed by atoms with van der Waals surface area (Å²) in [5.41, 5.74) is 0. The van der Waals surface area contributed by atoms with Gasteiger partial charge in [-0.05, 0) is 51.0 Å². The quantitative estimate of drug-likeness (QED) is 0.827. The molecular formula is C16H30N2. The summed E-state index contributed by atoms with van der Waals surface area (Å²) < 4.78 is 0. The van der Waals surface area contributed by atoms with Crippen LogP contribution in [-0.2, 0) is 0 Å². The minimum absolute atomic E-state index is 0.790. The number of nitrogens with one attached hydrogen (secondary N) is 1. The zero-order valence-electron chi connectivity index (χ0n) is 12.0. The fourth-order valence-electron chi connectivity index (χ4n) is 4.23. The molecule has 0 aromatic rings. The number of nitrogens with zero attached hydrogens (tertiary/aromatic N) is 1. The van der Waals surface area contributed by atoms with Crippen LogP contribution >= 0.6 is 0 Å². The molecule has 2 saturated carbocycles. The van der Waals surface area contributed by atoms with Gasteiger partial charge in [0.2, 0.25) is 0 Å². The first-order chi connectivity index (χ1) is 8.81. The van der Waals surface area contributed by atoms with Gasteiger partial charge >= 0.3 is 0 Å². The van der Waals surface area contributed by atoms with E-state index in [0.29, 0.717) is 0 Å². The summed E-state index contributed by atoms with van der Waals surface area (Å²) >= 11 is 0. The Morgan fingerprint density at radius 1 is 0.889 bits per heavy atom. The third kappa shape index (κ3) is 3.08. The fraction of sp³-hybridized carbons (Fsp3) is 1.00. The van der Waals surface area contributed by atoms with E-state index in [1.165, 1.54) is 70.9 Å². The van der Waals surface area contributed by atoms with Gasteiger partial charge in [-0.1, -0.05) is 26.2 Å². The molecule has 3 aliphatic rings. The molecule has 1 aliphatic heterocycles. The Labute approximate surface area is 113 Å². The summed E-state index contributed by atoms with van der Waals surface area (Å²) in [6.07, 6.45) is 13.0. The van der Waals surface area contributed by atoms with Crippen LogP contribution in [0.25, 0.3) is 0 Å². The van der Waals surface area contributed by atoms with Crippen LogP contribution in [0.4, 0.5) is 0 Å². The monoisotopic (exact) mass is 250 g/mol. The first-order valence-corrected chi connectivity index (χ1v) is 8.31. The fourth-order valence-corrected chi connectivity index (χ4v) is 4.23. The maximum Gasteiger partial charge on any atom is 0.0198 e. The molecule has 0 aromatic heterocycles. The predicted molar refractivity (Wildman–Crippen MR) is 76.8 cm³/mol. The molecule has 1 N–H and O–H groups in total. The maximum absolute atomic E-state index is 3.96. The van der Waals surface area contributed by atoms with Crippen LogP contribution in [0.15, 0.2) is 0 Å². The summed E-state index contributed by atoms with van der Waals surface area (Å²) in [5, 5.41) is 3.96. The minimum Gasteiger partial charge on any atom is -0.310 e. The second-order valence-electron chi connectivity index (χ2n) is 7.07. The van der Waals surface area contributed by atoms with Crippen molar-refractivity contribution in [3.63, 3.8) is 0 Å². The normalized spacial score (nSPS) is 39.5. The van der Waals surface area contributed by atoms with E-state index in [1.54, 1.807) is 0 Å². The highest BCUT2D eigenvalue weighted by atomic mass is 15.2. The van der Waals surface area contributed by atoms with E-state index >= 15 is 0 Å². The van der Waals surface area contributed by atoms with Crippen molar-refractivity contribution in [3.05, 3.63) is 0 Å². The van der Waals surface area contributed by atoms with Crippen LogP contribution in [0.1, 0.15) is 64.7 Å². The Balaban J connectivity index is 1.44. The molecule has 0 bridgehead atoms. The van der Waals surface area contributed by atoms with Crippen molar-refractivity contribution in [1.82, 2.24) is 10.2 Å². The molecule has 104 valence electrons. The third-order valence-corrected chi connectivity index (χ3v) is 5.39. The number of hydrogen-bond donors (Lipinski definition) is 1.